The van der Waals surface area contributed by atoms with E-state index in [2.05, 4.69) is 10.1 Å². The topological polar surface area (TPSA) is 41.5 Å². The predicted octanol–water partition coefficient (Wildman–Crippen LogP) is 3.61. The maximum Gasteiger partial charge on any atom is 0.387 e. The van der Waals surface area contributed by atoms with E-state index < -0.39 is 12.2 Å². The molecule has 0 heterocycles. The van der Waals surface area contributed by atoms with Crippen molar-refractivity contribution in [1.82, 2.24) is 0 Å². The van der Waals surface area contributed by atoms with E-state index in [0.29, 0.717) is 12.2 Å². The molecule has 0 saturated heterocycles. The first-order valence-corrected chi connectivity index (χ1v) is 6.54. The van der Waals surface area contributed by atoms with Crippen LogP contribution in [0.1, 0.15) is 12.5 Å². The number of ether oxygens (including phenoxy) is 1. The Hall–Kier alpha value is -2.14. The minimum Gasteiger partial charge on any atom is -0.435 e. The Morgan fingerprint density at radius 3 is 2.29 bits per heavy atom. The maximum atomic E-state index is 12.0. The second-order valence-corrected chi connectivity index (χ2v) is 4.90. The molecule has 0 aliphatic rings. The van der Waals surface area contributed by atoms with E-state index in [0.717, 1.165) is 5.56 Å². The van der Waals surface area contributed by atoms with Gasteiger partial charge in [0.15, 0.2) is 0 Å². The van der Waals surface area contributed by atoms with Crippen LogP contribution in [0.25, 0.3) is 0 Å². The lowest BCUT2D eigenvalue weighted by molar-refractivity contribution is -0.0498. The van der Waals surface area contributed by atoms with Crippen molar-refractivity contribution in [1.29, 1.82) is 0 Å². The Balaban J connectivity index is 1.96. The number of anilines is 1. The van der Waals surface area contributed by atoms with Gasteiger partial charge in [-0.15, -0.1) is 0 Å². The molecule has 21 heavy (non-hydrogen) atoms. The minimum absolute atomic E-state index is 0.102. The summed E-state index contributed by atoms with van der Waals surface area (Å²) in [6, 6.07) is 15.5. The lowest BCUT2D eigenvalue weighted by atomic mass is 9.96. The predicted molar refractivity (Wildman–Crippen MR) is 77.6 cm³/mol. The van der Waals surface area contributed by atoms with Gasteiger partial charge in [-0.25, -0.2) is 0 Å². The lowest BCUT2D eigenvalue weighted by Gasteiger charge is -2.24. The summed E-state index contributed by atoms with van der Waals surface area (Å²) in [5, 5.41) is 13.5. The average Bonchev–Trinajstić information content (AvgIpc) is 2.47. The number of halogens is 2. The van der Waals surface area contributed by atoms with Crippen molar-refractivity contribution in [2.24, 2.45) is 0 Å². The van der Waals surface area contributed by atoms with Gasteiger partial charge in [-0.1, -0.05) is 30.3 Å². The Morgan fingerprint density at radius 1 is 1.10 bits per heavy atom. The van der Waals surface area contributed by atoms with E-state index in [9.17, 15) is 13.9 Å². The minimum atomic E-state index is -2.83. The van der Waals surface area contributed by atoms with Gasteiger partial charge in [-0.05, 0) is 36.8 Å². The molecule has 5 heteroatoms. The number of aliphatic hydroxyl groups is 1. The second kappa shape index (κ2) is 6.54. The van der Waals surface area contributed by atoms with Crippen LogP contribution in [0, 0.1) is 0 Å². The molecule has 0 aliphatic heterocycles. The van der Waals surface area contributed by atoms with E-state index in [1.807, 2.05) is 30.3 Å². The average molecular weight is 293 g/mol. The van der Waals surface area contributed by atoms with Crippen molar-refractivity contribution in [3.8, 4) is 5.75 Å². The molecule has 112 valence electrons. The number of benzene rings is 2. The van der Waals surface area contributed by atoms with Gasteiger partial charge >= 0.3 is 6.61 Å². The first-order chi connectivity index (χ1) is 9.97. The summed E-state index contributed by atoms with van der Waals surface area (Å²) in [5.41, 5.74) is 0.488. The molecule has 1 unspecified atom stereocenters. The zero-order valence-electron chi connectivity index (χ0n) is 11.6. The number of hydrogen-bond donors (Lipinski definition) is 2. The van der Waals surface area contributed by atoms with Gasteiger partial charge in [0.1, 0.15) is 11.4 Å². The summed E-state index contributed by atoms with van der Waals surface area (Å²) < 4.78 is 28.4. The molecule has 0 aliphatic carbocycles. The van der Waals surface area contributed by atoms with Gasteiger partial charge in [0, 0.05) is 12.2 Å². The smallest absolute Gasteiger partial charge is 0.387 e. The lowest BCUT2D eigenvalue weighted by Crippen LogP contribution is -2.30. The summed E-state index contributed by atoms with van der Waals surface area (Å²) in [5.74, 6) is 0.102. The fraction of sp³-hybridized carbons (Fsp3) is 0.250. The third kappa shape index (κ3) is 4.43. The fourth-order valence-electron chi connectivity index (χ4n) is 1.93. The normalized spacial score (nSPS) is 13.8. The van der Waals surface area contributed by atoms with Crippen LogP contribution in [0.4, 0.5) is 14.5 Å². The summed E-state index contributed by atoms with van der Waals surface area (Å²) in [6.07, 6.45) is 0. The first-order valence-electron chi connectivity index (χ1n) is 6.54. The highest BCUT2D eigenvalue weighted by atomic mass is 19.3. The van der Waals surface area contributed by atoms with Crippen molar-refractivity contribution < 1.29 is 18.6 Å². The Morgan fingerprint density at radius 2 is 1.71 bits per heavy atom. The summed E-state index contributed by atoms with van der Waals surface area (Å²) in [4.78, 5) is 0. The fourth-order valence-corrected chi connectivity index (χ4v) is 1.93. The molecule has 0 aromatic heterocycles. The van der Waals surface area contributed by atoms with Gasteiger partial charge in [0.05, 0.1) is 0 Å². The number of alkyl halides is 2. The quantitative estimate of drug-likeness (QED) is 0.855. The third-order valence-corrected chi connectivity index (χ3v) is 3.11. The molecular formula is C16H17F2NO2. The molecule has 0 saturated carbocycles. The van der Waals surface area contributed by atoms with Gasteiger partial charge in [-0.2, -0.15) is 8.78 Å². The zero-order valence-corrected chi connectivity index (χ0v) is 11.6. The standard InChI is InChI=1S/C16H17F2NO2/c1-16(20,12-5-3-2-4-6-12)11-19-13-7-9-14(10-8-13)21-15(17)18/h2-10,15,19-20H,11H2,1H3. The molecule has 2 aromatic carbocycles. The molecule has 2 N–H and O–H groups in total. The van der Waals surface area contributed by atoms with Crippen molar-refractivity contribution in [2.75, 3.05) is 11.9 Å². The Labute approximate surface area is 122 Å². The molecule has 2 aromatic rings. The van der Waals surface area contributed by atoms with E-state index in [1.54, 1.807) is 19.1 Å². The van der Waals surface area contributed by atoms with Crippen molar-refractivity contribution in [3.63, 3.8) is 0 Å². The van der Waals surface area contributed by atoms with Crippen molar-refractivity contribution in [3.05, 3.63) is 60.2 Å². The molecule has 0 spiro atoms. The Bertz CT molecular complexity index is 556. The van der Waals surface area contributed by atoms with E-state index >= 15 is 0 Å². The first kappa shape index (κ1) is 15.3. The van der Waals surface area contributed by atoms with E-state index in [4.69, 9.17) is 0 Å². The van der Waals surface area contributed by atoms with Crippen molar-refractivity contribution in [2.45, 2.75) is 19.1 Å². The SMILES string of the molecule is CC(O)(CNc1ccc(OC(F)F)cc1)c1ccccc1. The number of nitrogens with one attached hydrogen (secondary N) is 1. The summed E-state index contributed by atoms with van der Waals surface area (Å²) >= 11 is 0. The van der Waals surface area contributed by atoms with Crippen LogP contribution in [0.3, 0.4) is 0 Å². The highest BCUT2D eigenvalue weighted by molar-refractivity contribution is 5.47. The van der Waals surface area contributed by atoms with Crippen LogP contribution in [0.5, 0.6) is 5.75 Å². The van der Waals surface area contributed by atoms with Crippen LogP contribution in [0.15, 0.2) is 54.6 Å². The van der Waals surface area contributed by atoms with Crippen molar-refractivity contribution >= 4 is 5.69 Å². The number of rotatable bonds is 6. The molecule has 0 bridgehead atoms. The summed E-state index contributed by atoms with van der Waals surface area (Å²) in [7, 11) is 0. The zero-order chi connectivity index (χ0) is 15.3. The molecule has 0 radical (unpaired) electrons. The van der Waals surface area contributed by atoms with E-state index in [-0.39, 0.29) is 5.75 Å². The van der Waals surface area contributed by atoms with Gasteiger partial charge in [0.25, 0.3) is 0 Å². The molecule has 0 amide bonds. The molecule has 2 rings (SSSR count). The largest absolute Gasteiger partial charge is 0.435 e. The number of hydrogen-bond acceptors (Lipinski definition) is 3. The van der Waals surface area contributed by atoms with Crippen LogP contribution >= 0.6 is 0 Å². The highest BCUT2D eigenvalue weighted by Gasteiger charge is 2.22. The van der Waals surface area contributed by atoms with Crippen LogP contribution in [-0.4, -0.2) is 18.3 Å². The molecule has 0 fully saturated rings. The van der Waals surface area contributed by atoms with Gasteiger partial charge in [0.2, 0.25) is 0 Å². The van der Waals surface area contributed by atoms with Crippen LogP contribution in [-0.2, 0) is 5.60 Å². The maximum absolute atomic E-state index is 12.0. The molecule has 1 atom stereocenters. The van der Waals surface area contributed by atoms with E-state index in [1.165, 1.54) is 12.1 Å². The monoisotopic (exact) mass is 293 g/mol. The molecule has 3 nitrogen and oxygen atoms in total. The van der Waals surface area contributed by atoms with Gasteiger partial charge in [-0.3, -0.25) is 0 Å². The van der Waals surface area contributed by atoms with Gasteiger partial charge < -0.3 is 15.2 Å². The highest BCUT2D eigenvalue weighted by Crippen LogP contribution is 2.22. The summed E-state index contributed by atoms with van der Waals surface area (Å²) in [6.45, 7) is -0.821. The van der Waals surface area contributed by atoms with Crippen LogP contribution < -0.4 is 10.1 Å². The second-order valence-electron chi connectivity index (χ2n) is 4.90. The third-order valence-electron chi connectivity index (χ3n) is 3.11. The Kier molecular flexibility index (Phi) is 4.75. The molecular weight excluding hydrogens is 276 g/mol. The van der Waals surface area contributed by atoms with Crippen LogP contribution in [0.2, 0.25) is 0 Å².